The maximum atomic E-state index is 12.6. The first-order valence-electron chi connectivity index (χ1n) is 8.41. The Morgan fingerprint density at radius 3 is 2.61 bits per heavy atom. The van der Waals surface area contributed by atoms with Crippen LogP contribution in [0.4, 0.5) is 13.2 Å². The Morgan fingerprint density at radius 2 is 1.93 bits per heavy atom. The molecule has 1 amide bonds. The number of hydrogen-bond acceptors (Lipinski definition) is 4. The lowest BCUT2D eigenvalue weighted by atomic mass is 10.1. The molecule has 8 heteroatoms. The van der Waals surface area contributed by atoms with Gasteiger partial charge in [0.15, 0.2) is 0 Å². The third-order valence-electron chi connectivity index (χ3n) is 4.01. The average Bonchev–Trinajstić information content (AvgIpc) is 3.16. The van der Waals surface area contributed by atoms with Crippen molar-refractivity contribution >= 4 is 17.2 Å². The number of ether oxygens (including phenoxy) is 1. The predicted molar refractivity (Wildman–Crippen MR) is 102 cm³/mol. The van der Waals surface area contributed by atoms with E-state index in [1.165, 1.54) is 30.6 Å². The van der Waals surface area contributed by atoms with Crippen LogP contribution in [0.15, 0.2) is 53.9 Å². The van der Waals surface area contributed by atoms with Gasteiger partial charge in [-0.3, -0.25) is 4.79 Å². The van der Waals surface area contributed by atoms with Crippen LogP contribution in [-0.4, -0.2) is 24.5 Å². The fraction of sp³-hybridized carbons (Fsp3) is 0.200. The number of amides is 1. The van der Waals surface area contributed by atoms with E-state index in [1.54, 1.807) is 24.3 Å². The van der Waals surface area contributed by atoms with E-state index < -0.39 is 11.7 Å². The molecule has 0 aliphatic rings. The van der Waals surface area contributed by atoms with Gasteiger partial charge in [0.05, 0.1) is 18.4 Å². The fourth-order valence-electron chi connectivity index (χ4n) is 2.53. The van der Waals surface area contributed by atoms with Crippen LogP contribution in [0.25, 0.3) is 10.6 Å². The average molecular weight is 406 g/mol. The molecule has 0 radical (unpaired) electrons. The number of nitrogens with zero attached hydrogens (tertiary/aromatic N) is 1. The summed E-state index contributed by atoms with van der Waals surface area (Å²) in [5.74, 6) is 0.394. The van der Waals surface area contributed by atoms with Crippen molar-refractivity contribution in [2.75, 3.05) is 13.7 Å². The smallest absolute Gasteiger partial charge is 0.416 e. The maximum absolute atomic E-state index is 12.6. The molecule has 0 aliphatic carbocycles. The second-order valence-corrected chi connectivity index (χ2v) is 6.82. The van der Waals surface area contributed by atoms with E-state index in [4.69, 9.17) is 4.74 Å². The number of aromatic nitrogens is 1. The third kappa shape index (κ3) is 4.89. The lowest BCUT2D eigenvalue weighted by Gasteiger charge is -2.06. The number of methoxy groups -OCH3 is 1. The van der Waals surface area contributed by atoms with Gasteiger partial charge in [-0.2, -0.15) is 13.2 Å². The molecule has 3 rings (SSSR count). The quantitative estimate of drug-likeness (QED) is 0.639. The Morgan fingerprint density at radius 1 is 1.18 bits per heavy atom. The van der Waals surface area contributed by atoms with E-state index in [2.05, 4.69) is 10.3 Å². The molecule has 1 aromatic heterocycles. The zero-order valence-electron chi connectivity index (χ0n) is 14.9. The van der Waals surface area contributed by atoms with Gasteiger partial charge >= 0.3 is 6.18 Å². The minimum atomic E-state index is -4.35. The molecular formula is C20H17F3N2O2S. The van der Waals surface area contributed by atoms with Crippen LogP contribution in [0.2, 0.25) is 0 Å². The van der Waals surface area contributed by atoms with E-state index in [1.807, 2.05) is 5.38 Å². The van der Waals surface area contributed by atoms with E-state index in [9.17, 15) is 18.0 Å². The SMILES string of the molecule is COc1cccc(C(=O)NCCc2csc(-c3ccc(C(F)(F)F)cc3)n2)c1. The molecule has 0 saturated heterocycles. The van der Waals surface area contributed by atoms with Crippen LogP contribution in [0.3, 0.4) is 0 Å². The maximum Gasteiger partial charge on any atom is 0.416 e. The van der Waals surface area contributed by atoms with Crippen molar-refractivity contribution in [3.05, 3.63) is 70.7 Å². The Labute approximate surface area is 164 Å². The Kier molecular flexibility index (Phi) is 5.99. The Bertz CT molecular complexity index is 953. The first kappa shape index (κ1) is 19.9. The summed E-state index contributed by atoms with van der Waals surface area (Å²) in [5, 5.41) is 5.30. The van der Waals surface area contributed by atoms with Gasteiger partial charge in [-0.05, 0) is 30.3 Å². The van der Waals surface area contributed by atoms with E-state index >= 15 is 0 Å². The molecule has 1 heterocycles. The lowest BCUT2D eigenvalue weighted by Crippen LogP contribution is -2.25. The molecule has 3 aromatic rings. The first-order valence-corrected chi connectivity index (χ1v) is 9.29. The van der Waals surface area contributed by atoms with Crippen molar-refractivity contribution in [2.24, 2.45) is 0 Å². The summed E-state index contributed by atoms with van der Waals surface area (Å²) in [6.45, 7) is 0.395. The molecule has 0 atom stereocenters. The van der Waals surface area contributed by atoms with Crippen LogP contribution >= 0.6 is 11.3 Å². The summed E-state index contributed by atoms with van der Waals surface area (Å²) < 4.78 is 43.0. The molecule has 146 valence electrons. The summed E-state index contributed by atoms with van der Waals surface area (Å²) in [6, 6.07) is 11.8. The molecule has 0 unspecified atom stereocenters. The first-order chi connectivity index (χ1) is 13.4. The van der Waals surface area contributed by atoms with Gasteiger partial charge in [-0.25, -0.2) is 4.98 Å². The molecular weight excluding hydrogens is 389 g/mol. The number of carbonyl (C=O) groups is 1. The molecule has 28 heavy (non-hydrogen) atoms. The number of thiazole rings is 1. The number of halogens is 3. The van der Waals surface area contributed by atoms with Crippen molar-refractivity contribution in [2.45, 2.75) is 12.6 Å². The minimum Gasteiger partial charge on any atom is -0.497 e. The van der Waals surface area contributed by atoms with Crippen LogP contribution in [0.5, 0.6) is 5.75 Å². The van der Waals surface area contributed by atoms with Crippen LogP contribution in [0.1, 0.15) is 21.6 Å². The standard InChI is InChI=1S/C20H17F3N2O2S/c1-27-17-4-2-3-14(11-17)18(26)24-10-9-16-12-28-19(25-16)13-5-7-15(8-6-13)20(21,22)23/h2-8,11-12H,9-10H2,1H3,(H,24,26). The number of nitrogens with one attached hydrogen (secondary N) is 1. The van der Waals surface area contributed by atoms with Gasteiger partial charge in [0.25, 0.3) is 5.91 Å². The molecule has 1 N–H and O–H groups in total. The molecule has 0 spiro atoms. The monoisotopic (exact) mass is 406 g/mol. The zero-order chi connectivity index (χ0) is 20.1. The Balaban J connectivity index is 1.57. The van der Waals surface area contributed by atoms with Crippen molar-refractivity contribution in [1.29, 1.82) is 0 Å². The Hall–Kier alpha value is -2.87. The van der Waals surface area contributed by atoms with Gasteiger partial charge < -0.3 is 10.1 Å². The largest absolute Gasteiger partial charge is 0.497 e. The molecule has 4 nitrogen and oxygen atoms in total. The number of carbonyl (C=O) groups excluding carboxylic acids is 1. The van der Waals surface area contributed by atoms with Crippen LogP contribution < -0.4 is 10.1 Å². The zero-order valence-corrected chi connectivity index (χ0v) is 15.7. The highest BCUT2D eigenvalue weighted by Crippen LogP contribution is 2.31. The third-order valence-corrected chi connectivity index (χ3v) is 4.95. The van der Waals surface area contributed by atoms with Crippen molar-refractivity contribution < 1.29 is 22.7 Å². The van der Waals surface area contributed by atoms with Gasteiger partial charge in [-0.15, -0.1) is 11.3 Å². The lowest BCUT2D eigenvalue weighted by molar-refractivity contribution is -0.137. The topological polar surface area (TPSA) is 51.2 Å². The van der Waals surface area contributed by atoms with Crippen LogP contribution in [-0.2, 0) is 12.6 Å². The number of rotatable bonds is 6. The van der Waals surface area contributed by atoms with Crippen molar-refractivity contribution in [1.82, 2.24) is 10.3 Å². The van der Waals surface area contributed by atoms with Crippen molar-refractivity contribution in [3.63, 3.8) is 0 Å². The summed E-state index contributed by atoms with van der Waals surface area (Å²) in [4.78, 5) is 16.6. The molecule has 2 aromatic carbocycles. The van der Waals surface area contributed by atoms with E-state index in [0.717, 1.165) is 17.8 Å². The highest BCUT2D eigenvalue weighted by Gasteiger charge is 2.30. The number of hydrogen-bond donors (Lipinski definition) is 1. The minimum absolute atomic E-state index is 0.211. The molecule has 0 fully saturated rings. The summed E-state index contributed by atoms with van der Waals surface area (Å²) in [5.41, 5.74) is 1.21. The highest BCUT2D eigenvalue weighted by atomic mass is 32.1. The van der Waals surface area contributed by atoms with Gasteiger partial charge in [0, 0.05) is 29.5 Å². The molecule has 0 aliphatic heterocycles. The number of alkyl halides is 3. The number of benzene rings is 2. The summed E-state index contributed by atoms with van der Waals surface area (Å²) in [7, 11) is 1.54. The van der Waals surface area contributed by atoms with Gasteiger partial charge in [0.2, 0.25) is 0 Å². The van der Waals surface area contributed by atoms with Crippen LogP contribution in [0, 0.1) is 0 Å². The van der Waals surface area contributed by atoms with Gasteiger partial charge in [0.1, 0.15) is 10.8 Å². The highest BCUT2D eigenvalue weighted by molar-refractivity contribution is 7.13. The summed E-state index contributed by atoms with van der Waals surface area (Å²) >= 11 is 1.35. The second-order valence-electron chi connectivity index (χ2n) is 5.96. The normalized spacial score (nSPS) is 11.3. The molecule has 0 bridgehead atoms. The van der Waals surface area contributed by atoms with Gasteiger partial charge in [-0.1, -0.05) is 18.2 Å². The second kappa shape index (κ2) is 8.43. The fourth-order valence-corrected chi connectivity index (χ4v) is 3.39. The van der Waals surface area contributed by atoms with E-state index in [-0.39, 0.29) is 5.91 Å². The van der Waals surface area contributed by atoms with E-state index in [0.29, 0.717) is 34.8 Å². The summed E-state index contributed by atoms with van der Waals surface area (Å²) in [6.07, 6.45) is -3.83. The predicted octanol–water partition coefficient (Wildman–Crippen LogP) is 4.81. The molecule has 0 saturated carbocycles. The van der Waals surface area contributed by atoms with Crippen molar-refractivity contribution in [3.8, 4) is 16.3 Å².